The van der Waals surface area contributed by atoms with Gasteiger partial charge < -0.3 is 24.6 Å². The summed E-state index contributed by atoms with van der Waals surface area (Å²) in [7, 11) is -4.13. The number of Topliss-reactive ketones (excluding diaryl/α,β-unsaturated/α-hetero) is 1. The van der Waals surface area contributed by atoms with E-state index in [4.69, 9.17) is 9.15 Å². The van der Waals surface area contributed by atoms with Crippen LogP contribution < -0.4 is 14.8 Å². The molecular weight excluding hydrogens is 480 g/mol. The lowest BCUT2D eigenvalue weighted by Gasteiger charge is -2.28. The highest BCUT2D eigenvalue weighted by atomic mass is 32.2. The van der Waals surface area contributed by atoms with Gasteiger partial charge in [-0.3, -0.25) is 9.59 Å². The van der Waals surface area contributed by atoms with Crippen LogP contribution in [0.1, 0.15) is 26.7 Å². The van der Waals surface area contributed by atoms with Crippen molar-refractivity contribution in [2.24, 2.45) is 5.92 Å². The first kappa shape index (κ1) is 24.7. The van der Waals surface area contributed by atoms with Crippen LogP contribution in [-0.4, -0.2) is 66.6 Å². The van der Waals surface area contributed by atoms with Crippen molar-refractivity contribution in [1.82, 2.24) is 14.5 Å². The van der Waals surface area contributed by atoms with E-state index in [2.05, 4.69) is 5.32 Å². The third kappa shape index (κ3) is 5.00. The Morgan fingerprint density at radius 3 is 2.74 bits per heavy atom. The summed E-state index contributed by atoms with van der Waals surface area (Å²) in [5.74, 6) is -0.921. The fraction of sp³-hybridized carbons (Fsp3) is 0.455. The fourth-order valence-corrected chi connectivity index (χ4v) is 6.17. The van der Waals surface area contributed by atoms with Crippen molar-refractivity contribution in [3.63, 3.8) is 0 Å². The number of likely N-dealkylation sites (tertiary alicyclic amines) is 1. The second-order valence-electron chi connectivity index (χ2n) is 8.90. The minimum Gasteiger partial charge on any atom is -0.619 e. The standard InChI is InChI=1S/C22H26N4O8S/c1-14(2)11-16(23-22(29)34-19-6-4-10-33-19)21(28)25-9-7-17-20(25)18(27)13-26(17)35(31,32)15-5-3-8-24(30)12-15/h3-6,8,10,12,14,16-17,20H,7,9,11,13H2,1-2H3,(H,23,29). The smallest absolute Gasteiger partial charge is 0.415 e. The van der Waals surface area contributed by atoms with Crippen molar-refractivity contribution < 1.29 is 36.7 Å². The average molecular weight is 507 g/mol. The van der Waals surface area contributed by atoms with Crippen molar-refractivity contribution >= 4 is 27.8 Å². The lowest BCUT2D eigenvalue weighted by molar-refractivity contribution is -0.607. The summed E-state index contributed by atoms with van der Waals surface area (Å²) in [4.78, 5) is 39.8. The molecule has 4 heterocycles. The summed E-state index contributed by atoms with van der Waals surface area (Å²) in [6.45, 7) is 3.50. The largest absolute Gasteiger partial charge is 0.619 e. The average Bonchev–Trinajstić information content (AvgIpc) is 3.51. The van der Waals surface area contributed by atoms with E-state index >= 15 is 0 Å². The summed E-state index contributed by atoms with van der Waals surface area (Å²) in [5, 5.41) is 14.1. The highest BCUT2D eigenvalue weighted by Crippen LogP contribution is 2.34. The fourth-order valence-electron chi connectivity index (χ4n) is 4.54. The Bertz CT molecular complexity index is 1210. The topological polar surface area (TPSA) is 153 Å². The summed E-state index contributed by atoms with van der Waals surface area (Å²) >= 11 is 0. The van der Waals surface area contributed by atoms with E-state index in [0.29, 0.717) is 4.73 Å². The molecule has 2 aromatic rings. The zero-order valence-electron chi connectivity index (χ0n) is 19.2. The molecule has 0 spiro atoms. The van der Waals surface area contributed by atoms with Gasteiger partial charge in [0.15, 0.2) is 18.2 Å². The molecule has 3 atom stereocenters. The van der Waals surface area contributed by atoms with Crippen LogP contribution in [-0.2, 0) is 19.6 Å². The molecule has 4 rings (SSSR count). The second-order valence-corrected chi connectivity index (χ2v) is 10.8. The normalized spacial score (nSPS) is 21.2. The van der Waals surface area contributed by atoms with Crippen LogP contribution in [0.5, 0.6) is 5.95 Å². The molecule has 2 aliphatic heterocycles. The van der Waals surface area contributed by atoms with E-state index in [1.54, 1.807) is 6.07 Å². The number of amides is 2. The summed E-state index contributed by atoms with van der Waals surface area (Å²) in [6, 6.07) is 2.86. The molecule has 0 aromatic carbocycles. The number of ketones is 1. The van der Waals surface area contributed by atoms with E-state index in [9.17, 15) is 28.0 Å². The molecule has 0 radical (unpaired) electrons. The molecule has 12 nitrogen and oxygen atoms in total. The molecule has 2 saturated heterocycles. The first-order valence-electron chi connectivity index (χ1n) is 11.1. The molecule has 0 saturated carbocycles. The Labute approximate surface area is 202 Å². The maximum absolute atomic E-state index is 13.4. The van der Waals surface area contributed by atoms with E-state index in [1.165, 1.54) is 29.4 Å². The Hall–Kier alpha value is -3.45. The van der Waals surface area contributed by atoms with Gasteiger partial charge in [-0.2, -0.15) is 9.04 Å². The first-order valence-corrected chi connectivity index (χ1v) is 12.6. The van der Waals surface area contributed by atoms with Gasteiger partial charge in [0.2, 0.25) is 15.9 Å². The van der Waals surface area contributed by atoms with Gasteiger partial charge in [-0.15, -0.1) is 0 Å². The first-order chi connectivity index (χ1) is 16.6. The van der Waals surface area contributed by atoms with Crippen molar-refractivity contribution in [1.29, 1.82) is 0 Å². The lowest BCUT2D eigenvalue weighted by atomic mass is 10.0. The van der Waals surface area contributed by atoms with E-state index < -0.39 is 52.5 Å². The number of hydrogen-bond acceptors (Lipinski definition) is 8. The van der Waals surface area contributed by atoms with Crippen LogP contribution in [0.2, 0.25) is 0 Å². The van der Waals surface area contributed by atoms with Crippen LogP contribution in [0.25, 0.3) is 0 Å². The number of furan rings is 1. The van der Waals surface area contributed by atoms with Crippen LogP contribution >= 0.6 is 0 Å². The van der Waals surface area contributed by atoms with Gasteiger partial charge in [0.1, 0.15) is 17.0 Å². The van der Waals surface area contributed by atoms with Gasteiger partial charge in [0, 0.05) is 18.7 Å². The maximum atomic E-state index is 13.4. The number of carbonyl (C=O) groups excluding carboxylic acids is 3. The number of carbonyl (C=O) groups is 3. The maximum Gasteiger partial charge on any atom is 0.415 e. The number of rotatable bonds is 7. The SMILES string of the molecule is CC(C)CC(NC(=O)Oc1ccco1)C(=O)N1CCC2C1C(=O)CN2S(=O)(=O)c1ccc[n+]([O-])c1. The predicted molar refractivity (Wildman–Crippen MR) is 119 cm³/mol. The van der Waals surface area contributed by atoms with Gasteiger partial charge in [-0.05, 0) is 30.9 Å². The van der Waals surface area contributed by atoms with E-state index in [-0.39, 0.29) is 36.1 Å². The Kier molecular flexibility index (Phi) is 6.81. The molecule has 0 aliphatic carbocycles. The van der Waals surface area contributed by atoms with Crippen molar-refractivity contribution in [2.75, 3.05) is 13.1 Å². The quantitative estimate of drug-likeness (QED) is 0.424. The molecule has 1 N–H and O–H groups in total. The molecular formula is C22H26N4O8S. The molecule has 188 valence electrons. The second kappa shape index (κ2) is 9.66. The molecule has 2 aliphatic rings. The summed E-state index contributed by atoms with van der Waals surface area (Å²) in [5.41, 5.74) is 0. The molecule has 2 fully saturated rings. The molecule has 13 heteroatoms. The van der Waals surface area contributed by atoms with Gasteiger partial charge >= 0.3 is 6.09 Å². The number of sulfonamides is 1. The highest BCUT2D eigenvalue weighted by molar-refractivity contribution is 7.89. The third-order valence-electron chi connectivity index (χ3n) is 6.00. The zero-order chi connectivity index (χ0) is 25.3. The van der Waals surface area contributed by atoms with Crippen LogP contribution in [0.15, 0.2) is 52.2 Å². The molecule has 0 bridgehead atoms. The number of aromatic nitrogens is 1. The summed E-state index contributed by atoms with van der Waals surface area (Å²) < 4.78 is 37.8. The van der Waals surface area contributed by atoms with Crippen molar-refractivity contribution in [3.05, 3.63) is 48.1 Å². The number of hydrogen-bond donors (Lipinski definition) is 1. The monoisotopic (exact) mass is 506 g/mol. The van der Waals surface area contributed by atoms with Crippen LogP contribution in [0.3, 0.4) is 0 Å². The number of fused-ring (bicyclic) bond motifs is 1. The number of pyridine rings is 1. The van der Waals surface area contributed by atoms with Crippen molar-refractivity contribution in [2.45, 2.75) is 49.7 Å². The van der Waals surface area contributed by atoms with E-state index in [1.807, 2.05) is 13.8 Å². The third-order valence-corrected chi connectivity index (χ3v) is 7.86. The highest BCUT2D eigenvalue weighted by Gasteiger charge is 2.54. The molecule has 3 unspecified atom stereocenters. The van der Waals surface area contributed by atoms with Gasteiger partial charge in [-0.25, -0.2) is 13.2 Å². The minimum atomic E-state index is -4.13. The Morgan fingerprint density at radius 2 is 2.09 bits per heavy atom. The van der Waals surface area contributed by atoms with Crippen LogP contribution in [0.4, 0.5) is 4.79 Å². The predicted octanol–water partition coefficient (Wildman–Crippen LogP) is 0.659. The van der Waals surface area contributed by atoms with Gasteiger partial charge in [-0.1, -0.05) is 13.8 Å². The summed E-state index contributed by atoms with van der Waals surface area (Å²) in [6.07, 6.45) is 3.07. The lowest BCUT2D eigenvalue weighted by Crippen LogP contribution is -2.53. The van der Waals surface area contributed by atoms with Gasteiger partial charge in [0.25, 0.3) is 5.95 Å². The molecule has 2 aromatic heterocycles. The zero-order valence-corrected chi connectivity index (χ0v) is 20.0. The van der Waals surface area contributed by atoms with Crippen LogP contribution in [0, 0.1) is 11.1 Å². The Balaban J connectivity index is 1.52. The number of nitrogens with one attached hydrogen (secondary N) is 1. The molecule has 35 heavy (non-hydrogen) atoms. The molecule has 2 amide bonds. The van der Waals surface area contributed by atoms with Gasteiger partial charge in [0.05, 0.1) is 18.8 Å². The van der Waals surface area contributed by atoms with Crippen molar-refractivity contribution in [3.8, 4) is 5.95 Å². The number of nitrogens with zero attached hydrogens (tertiary/aromatic N) is 3. The number of ether oxygens (including phenoxy) is 1. The Morgan fingerprint density at radius 1 is 1.31 bits per heavy atom. The van der Waals surface area contributed by atoms with E-state index in [0.717, 1.165) is 16.7 Å². The minimum absolute atomic E-state index is 0.0271.